The lowest BCUT2D eigenvalue weighted by Crippen LogP contribution is -2.47. The van der Waals surface area contributed by atoms with Gasteiger partial charge in [-0.15, -0.1) is 0 Å². The maximum Gasteiger partial charge on any atom is 0.323 e. The Hall–Kier alpha value is -1.95. The van der Waals surface area contributed by atoms with Crippen LogP contribution in [0.4, 0.5) is 5.69 Å². The summed E-state index contributed by atoms with van der Waals surface area (Å²) in [6, 6.07) is 6.33. The van der Waals surface area contributed by atoms with Crippen molar-refractivity contribution in [1.82, 2.24) is 4.90 Å². The molecule has 0 atom stereocenters. The average Bonchev–Trinajstić information content (AvgIpc) is 2.29. The van der Waals surface area contributed by atoms with Crippen LogP contribution in [0.1, 0.15) is 19.4 Å². The number of hydrogen-bond acceptors (Lipinski definition) is 4. The molecule has 1 aromatic carbocycles. The van der Waals surface area contributed by atoms with Gasteiger partial charge in [-0.25, -0.2) is 0 Å². The summed E-state index contributed by atoms with van der Waals surface area (Å²) in [4.78, 5) is 23.1. The molecule has 0 spiro atoms. The van der Waals surface area contributed by atoms with E-state index < -0.39 is 16.4 Å². The highest BCUT2D eigenvalue weighted by Crippen LogP contribution is 2.22. The zero-order valence-electron chi connectivity index (χ0n) is 10.6. The number of likely N-dealkylation sites (N-methyl/N-ethyl adjacent to an activating group) is 1. The fraction of sp³-hybridized carbons (Fsp3) is 0.417. The molecule has 0 unspecified atom stereocenters. The van der Waals surface area contributed by atoms with Crippen LogP contribution in [0.5, 0.6) is 0 Å². The molecule has 0 heterocycles. The van der Waals surface area contributed by atoms with Gasteiger partial charge in [0.1, 0.15) is 5.54 Å². The van der Waals surface area contributed by atoms with Crippen LogP contribution < -0.4 is 0 Å². The summed E-state index contributed by atoms with van der Waals surface area (Å²) >= 11 is 0. The third kappa shape index (κ3) is 2.84. The molecule has 1 aromatic rings. The maximum absolute atomic E-state index is 11.1. The highest BCUT2D eigenvalue weighted by molar-refractivity contribution is 5.77. The number of hydrogen-bond donors (Lipinski definition) is 1. The number of nitro benzene ring substituents is 1. The second-order valence-electron chi connectivity index (χ2n) is 4.61. The summed E-state index contributed by atoms with van der Waals surface area (Å²) in [5.74, 6) is -0.969. The fourth-order valence-electron chi connectivity index (χ4n) is 1.44. The number of para-hydroxylation sites is 1. The molecule has 0 aromatic heterocycles. The number of benzene rings is 1. The molecule has 0 aliphatic carbocycles. The lowest BCUT2D eigenvalue weighted by atomic mass is 10.0. The molecule has 0 amide bonds. The maximum atomic E-state index is 11.1. The van der Waals surface area contributed by atoms with Crippen molar-refractivity contribution >= 4 is 11.7 Å². The van der Waals surface area contributed by atoms with E-state index in [1.165, 1.54) is 6.07 Å². The third-order valence-electron chi connectivity index (χ3n) is 3.07. The Bertz CT molecular complexity index is 471. The highest BCUT2D eigenvalue weighted by atomic mass is 16.6. The molecule has 1 N–H and O–H groups in total. The smallest absolute Gasteiger partial charge is 0.323 e. The molecule has 6 nitrogen and oxygen atoms in total. The van der Waals surface area contributed by atoms with Crippen molar-refractivity contribution in [1.29, 1.82) is 0 Å². The van der Waals surface area contributed by atoms with Crippen molar-refractivity contribution in [3.05, 3.63) is 39.9 Å². The van der Waals surface area contributed by atoms with Gasteiger partial charge in [0, 0.05) is 18.2 Å². The zero-order chi connectivity index (χ0) is 13.9. The van der Waals surface area contributed by atoms with E-state index in [1.54, 1.807) is 44.0 Å². The van der Waals surface area contributed by atoms with Crippen LogP contribution in [0.3, 0.4) is 0 Å². The molecule has 18 heavy (non-hydrogen) atoms. The monoisotopic (exact) mass is 252 g/mol. The van der Waals surface area contributed by atoms with Crippen LogP contribution in [0.2, 0.25) is 0 Å². The van der Waals surface area contributed by atoms with Crippen molar-refractivity contribution in [3.8, 4) is 0 Å². The Morgan fingerprint density at radius 2 is 2.00 bits per heavy atom. The molecule has 0 radical (unpaired) electrons. The molecule has 6 heteroatoms. The van der Waals surface area contributed by atoms with Crippen LogP contribution in [0.15, 0.2) is 24.3 Å². The predicted molar refractivity (Wildman–Crippen MR) is 66.3 cm³/mol. The summed E-state index contributed by atoms with van der Waals surface area (Å²) < 4.78 is 0. The first-order valence-corrected chi connectivity index (χ1v) is 5.43. The molecule has 0 aliphatic heterocycles. The number of carboxylic acid groups (broad SMARTS) is 1. The van der Waals surface area contributed by atoms with E-state index in [0.29, 0.717) is 5.56 Å². The molecule has 0 aliphatic rings. The van der Waals surface area contributed by atoms with Gasteiger partial charge in [-0.2, -0.15) is 0 Å². The van der Waals surface area contributed by atoms with Gasteiger partial charge >= 0.3 is 5.97 Å². The Morgan fingerprint density at radius 3 is 2.50 bits per heavy atom. The van der Waals surface area contributed by atoms with E-state index in [-0.39, 0.29) is 12.2 Å². The number of rotatable bonds is 5. The van der Waals surface area contributed by atoms with Crippen molar-refractivity contribution in [2.75, 3.05) is 7.05 Å². The number of carbonyl (C=O) groups is 1. The summed E-state index contributed by atoms with van der Waals surface area (Å²) in [5, 5.41) is 20.0. The highest BCUT2D eigenvalue weighted by Gasteiger charge is 2.32. The van der Waals surface area contributed by atoms with Gasteiger partial charge in [-0.05, 0) is 20.9 Å². The van der Waals surface area contributed by atoms with Crippen LogP contribution >= 0.6 is 0 Å². The lowest BCUT2D eigenvalue weighted by Gasteiger charge is -2.31. The van der Waals surface area contributed by atoms with Crippen molar-refractivity contribution in [2.45, 2.75) is 25.9 Å². The van der Waals surface area contributed by atoms with Crippen LogP contribution in [0, 0.1) is 10.1 Å². The molecular weight excluding hydrogens is 236 g/mol. The van der Waals surface area contributed by atoms with Gasteiger partial charge in [0.2, 0.25) is 0 Å². The average molecular weight is 252 g/mol. The predicted octanol–water partition coefficient (Wildman–Crippen LogP) is 1.89. The molecule has 0 bridgehead atoms. The minimum Gasteiger partial charge on any atom is -0.480 e. The quantitative estimate of drug-likeness (QED) is 0.639. The van der Waals surface area contributed by atoms with E-state index in [1.807, 2.05) is 0 Å². The molecule has 1 rings (SSSR count). The Labute approximate surface area is 105 Å². The van der Waals surface area contributed by atoms with Gasteiger partial charge in [0.15, 0.2) is 0 Å². The summed E-state index contributed by atoms with van der Waals surface area (Å²) in [6.07, 6.45) is 0. The van der Waals surface area contributed by atoms with Crippen LogP contribution in [-0.4, -0.2) is 33.5 Å². The van der Waals surface area contributed by atoms with E-state index >= 15 is 0 Å². The topological polar surface area (TPSA) is 83.7 Å². The fourth-order valence-corrected chi connectivity index (χ4v) is 1.44. The molecule has 98 valence electrons. The van der Waals surface area contributed by atoms with Gasteiger partial charge in [0.05, 0.1) is 4.92 Å². The van der Waals surface area contributed by atoms with E-state index in [0.717, 1.165) is 0 Å². The number of carboxylic acids is 1. The van der Waals surface area contributed by atoms with E-state index in [2.05, 4.69) is 0 Å². The van der Waals surface area contributed by atoms with Gasteiger partial charge in [-0.1, -0.05) is 18.2 Å². The van der Waals surface area contributed by atoms with E-state index in [4.69, 9.17) is 5.11 Å². The first-order valence-electron chi connectivity index (χ1n) is 5.43. The summed E-state index contributed by atoms with van der Waals surface area (Å²) in [7, 11) is 1.63. The van der Waals surface area contributed by atoms with Crippen LogP contribution in [-0.2, 0) is 11.3 Å². The zero-order valence-corrected chi connectivity index (χ0v) is 10.6. The van der Waals surface area contributed by atoms with Crippen molar-refractivity contribution in [2.24, 2.45) is 0 Å². The van der Waals surface area contributed by atoms with Gasteiger partial charge in [0.25, 0.3) is 5.69 Å². The number of nitro groups is 1. The Balaban J connectivity index is 2.99. The first kappa shape index (κ1) is 14.1. The molecule has 0 saturated carbocycles. The van der Waals surface area contributed by atoms with Gasteiger partial charge < -0.3 is 5.11 Å². The standard InChI is InChI=1S/C12H16N2O4/c1-12(2,11(15)16)13(3)8-9-6-4-5-7-10(9)14(17)18/h4-7H,8H2,1-3H3,(H,15,16). The lowest BCUT2D eigenvalue weighted by molar-refractivity contribution is -0.385. The second kappa shape index (κ2) is 5.14. The minimum atomic E-state index is -1.08. The van der Waals surface area contributed by atoms with Crippen LogP contribution in [0.25, 0.3) is 0 Å². The third-order valence-corrected chi connectivity index (χ3v) is 3.07. The Kier molecular flexibility index (Phi) is 4.03. The SMILES string of the molecule is CN(Cc1ccccc1[N+](=O)[O-])C(C)(C)C(=O)O. The largest absolute Gasteiger partial charge is 0.480 e. The molecule has 0 saturated heterocycles. The normalized spacial score (nSPS) is 11.6. The summed E-state index contributed by atoms with van der Waals surface area (Å²) in [6.45, 7) is 3.32. The van der Waals surface area contributed by atoms with Crippen molar-refractivity contribution < 1.29 is 14.8 Å². The second-order valence-corrected chi connectivity index (χ2v) is 4.61. The Morgan fingerprint density at radius 1 is 1.44 bits per heavy atom. The van der Waals surface area contributed by atoms with E-state index in [9.17, 15) is 14.9 Å². The summed E-state index contributed by atoms with van der Waals surface area (Å²) in [5.41, 5.74) is -0.575. The minimum absolute atomic E-state index is 0.00513. The molecular formula is C12H16N2O4. The molecule has 0 fully saturated rings. The number of aliphatic carboxylic acids is 1. The van der Waals surface area contributed by atoms with Crippen molar-refractivity contribution in [3.63, 3.8) is 0 Å². The number of nitrogens with zero attached hydrogens (tertiary/aromatic N) is 2. The van der Waals surface area contributed by atoms with Gasteiger partial charge in [-0.3, -0.25) is 19.8 Å². The first-order chi connectivity index (χ1) is 8.26.